The van der Waals surface area contributed by atoms with Gasteiger partial charge in [-0.15, -0.1) is 0 Å². The Morgan fingerprint density at radius 2 is 2.05 bits per heavy atom. The average molecular weight is 377 g/mol. The lowest BCUT2D eigenvalue weighted by Crippen LogP contribution is -2.42. The Labute approximate surface area is 134 Å². The highest BCUT2D eigenvalue weighted by atomic mass is 79.9. The van der Waals surface area contributed by atoms with Crippen molar-refractivity contribution in [3.05, 3.63) is 16.5 Å². The summed E-state index contributed by atoms with van der Waals surface area (Å²) in [5.74, 6) is -0.150. The van der Waals surface area contributed by atoms with Crippen molar-refractivity contribution < 1.29 is 13.2 Å². The van der Waals surface area contributed by atoms with Gasteiger partial charge in [-0.25, -0.2) is 9.97 Å². The fourth-order valence-corrected chi connectivity index (χ4v) is 3.64. The topological polar surface area (TPSA) is 34.0 Å². The Morgan fingerprint density at radius 3 is 2.73 bits per heavy atom. The van der Waals surface area contributed by atoms with E-state index in [1.807, 2.05) is 17.8 Å². The van der Waals surface area contributed by atoms with Gasteiger partial charge in [-0.2, -0.15) is 13.2 Å². The summed E-state index contributed by atoms with van der Waals surface area (Å²) < 4.78 is 41.8. The van der Waals surface area contributed by atoms with E-state index in [4.69, 9.17) is 0 Å². The maximum Gasteiger partial charge on any atom is 0.393 e. The molecule has 0 amide bonds. The third kappa shape index (κ3) is 2.68. The van der Waals surface area contributed by atoms with Crippen molar-refractivity contribution in [1.82, 2.24) is 14.5 Å². The molecule has 0 radical (unpaired) electrons. The first kappa shape index (κ1) is 15.6. The standard InChI is InChI=1S/C14H16BrF3N4/c1-8-19-12-11(10(15)7-21(12)2)13(20-8)22-5-3-4-9(6-22)14(16,17)18/h7,9H,3-6H2,1-2H3. The quantitative estimate of drug-likeness (QED) is 0.758. The lowest BCUT2D eigenvalue weighted by Gasteiger charge is -2.34. The van der Waals surface area contributed by atoms with E-state index in [0.717, 1.165) is 15.5 Å². The highest BCUT2D eigenvalue weighted by Gasteiger charge is 2.42. The maximum absolute atomic E-state index is 13.0. The molecule has 0 aromatic carbocycles. The minimum atomic E-state index is -4.16. The second kappa shape index (κ2) is 5.40. The van der Waals surface area contributed by atoms with E-state index >= 15 is 0 Å². The van der Waals surface area contributed by atoms with Crippen LogP contribution in [0.3, 0.4) is 0 Å². The number of rotatable bonds is 1. The molecule has 0 saturated carbocycles. The van der Waals surface area contributed by atoms with Crippen molar-refractivity contribution in [2.45, 2.75) is 25.9 Å². The number of aromatic nitrogens is 3. The van der Waals surface area contributed by atoms with Crippen molar-refractivity contribution in [2.75, 3.05) is 18.0 Å². The zero-order valence-corrected chi connectivity index (χ0v) is 13.9. The van der Waals surface area contributed by atoms with E-state index in [1.165, 1.54) is 0 Å². The van der Waals surface area contributed by atoms with Crippen LogP contribution in [0.4, 0.5) is 19.0 Å². The Kier molecular flexibility index (Phi) is 3.82. The molecule has 22 heavy (non-hydrogen) atoms. The number of halogens is 4. The largest absolute Gasteiger partial charge is 0.393 e. The SMILES string of the molecule is Cc1nc(N2CCCC(C(F)(F)F)C2)c2c(Br)cn(C)c2n1. The normalized spacial score (nSPS) is 19.9. The number of alkyl halides is 3. The molecule has 8 heteroatoms. The first-order chi connectivity index (χ1) is 10.3. The molecule has 2 aromatic rings. The van der Waals surface area contributed by atoms with Crippen LogP contribution in [0.2, 0.25) is 0 Å². The number of hydrogen-bond donors (Lipinski definition) is 0. The van der Waals surface area contributed by atoms with Crippen molar-refractivity contribution in [3.8, 4) is 0 Å². The van der Waals surface area contributed by atoms with Gasteiger partial charge in [-0.3, -0.25) is 0 Å². The molecule has 1 aliphatic heterocycles. The first-order valence-electron chi connectivity index (χ1n) is 7.08. The Hall–Kier alpha value is -1.31. The summed E-state index contributed by atoms with van der Waals surface area (Å²) >= 11 is 3.46. The summed E-state index contributed by atoms with van der Waals surface area (Å²) in [5, 5.41) is 0.774. The van der Waals surface area contributed by atoms with Crippen molar-refractivity contribution in [1.29, 1.82) is 0 Å². The lowest BCUT2D eigenvalue weighted by molar-refractivity contribution is -0.176. The second-order valence-corrected chi connectivity index (χ2v) is 6.56. The maximum atomic E-state index is 13.0. The highest BCUT2D eigenvalue weighted by Crippen LogP contribution is 2.38. The van der Waals surface area contributed by atoms with Crippen molar-refractivity contribution >= 4 is 32.8 Å². The van der Waals surface area contributed by atoms with Crippen LogP contribution < -0.4 is 4.90 Å². The fraction of sp³-hybridized carbons (Fsp3) is 0.571. The van der Waals surface area contributed by atoms with Crippen LogP contribution in [0.25, 0.3) is 11.0 Å². The summed E-state index contributed by atoms with van der Waals surface area (Å²) in [5.41, 5.74) is 0.725. The monoisotopic (exact) mass is 376 g/mol. The van der Waals surface area contributed by atoms with Gasteiger partial charge in [0, 0.05) is 30.8 Å². The van der Waals surface area contributed by atoms with Crippen LogP contribution in [-0.4, -0.2) is 33.8 Å². The zero-order valence-electron chi connectivity index (χ0n) is 12.3. The van der Waals surface area contributed by atoms with Crippen LogP contribution in [0.5, 0.6) is 0 Å². The zero-order chi connectivity index (χ0) is 16.1. The third-order valence-corrected chi connectivity index (χ3v) is 4.65. The number of nitrogens with zero attached hydrogens (tertiary/aromatic N) is 4. The molecule has 3 rings (SSSR count). The van der Waals surface area contributed by atoms with Gasteiger partial charge in [0.05, 0.1) is 11.3 Å². The van der Waals surface area contributed by atoms with Gasteiger partial charge in [0.1, 0.15) is 17.3 Å². The Balaban J connectivity index is 2.06. The summed E-state index contributed by atoms with van der Waals surface area (Å²) in [4.78, 5) is 10.6. The van der Waals surface area contributed by atoms with Gasteiger partial charge in [0.25, 0.3) is 0 Å². The van der Waals surface area contributed by atoms with E-state index in [1.54, 1.807) is 11.8 Å². The average Bonchev–Trinajstić information content (AvgIpc) is 2.72. The van der Waals surface area contributed by atoms with E-state index in [-0.39, 0.29) is 13.0 Å². The molecular formula is C14H16BrF3N4. The smallest absolute Gasteiger partial charge is 0.355 e. The number of anilines is 1. The molecule has 1 unspecified atom stereocenters. The highest BCUT2D eigenvalue weighted by molar-refractivity contribution is 9.10. The molecule has 1 saturated heterocycles. The van der Waals surface area contributed by atoms with Gasteiger partial charge in [-0.05, 0) is 35.7 Å². The molecule has 0 aliphatic carbocycles. The fourth-order valence-electron chi connectivity index (χ4n) is 2.97. The van der Waals surface area contributed by atoms with Gasteiger partial charge in [-0.1, -0.05) is 0 Å². The Bertz CT molecular complexity index is 710. The first-order valence-corrected chi connectivity index (χ1v) is 7.87. The molecule has 0 spiro atoms. The predicted molar refractivity (Wildman–Crippen MR) is 81.9 cm³/mol. The van der Waals surface area contributed by atoms with E-state index in [9.17, 15) is 13.2 Å². The van der Waals surface area contributed by atoms with Gasteiger partial charge < -0.3 is 9.47 Å². The number of aryl methyl sites for hydroxylation is 2. The van der Waals surface area contributed by atoms with Crippen LogP contribution in [0.15, 0.2) is 10.7 Å². The molecule has 0 bridgehead atoms. The van der Waals surface area contributed by atoms with Crippen LogP contribution in [0, 0.1) is 12.8 Å². The molecule has 120 valence electrons. The van der Waals surface area contributed by atoms with E-state index < -0.39 is 12.1 Å². The molecule has 0 N–H and O–H groups in total. The summed E-state index contributed by atoms with van der Waals surface area (Å²) in [6.07, 6.45) is -1.61. The number of fused-ring (bicyclic) bond motifs is 1. The summed E-state index contributed by atoms with van der Waals surface area (Å²) in [6, 6.07) is 0. The minimum absolute atomic E-state index is 0.0453. The molecule has 2 aromatic heterocycles. The number of hydrogen-bond acceptors (Lipinski definition) is 3. The van der Waals surface area contributed by atoms with Crippen molar-refractivity contribution in [2.24, 2.45) is 13.0 Å². The second-order valence-electron chi connectivity index (χ2n) is 5.71. The molecular weight excluding hydrogens is 361 g/mol. The van der Waals surface area contributed by atoms with Crippen molar-refractivity contribution in [3.63, 3.8) is 0 Å². The van der Waals surface area contributed by atoms with Gasteiger partial charge in [0.15, 0.2) is 0 Å². The van der Waals surface area contributed by atoms with Crippen LogP contribution in [0.1, 0.15) is 18.7 Å². The summed E-state index contributed by atoms with van der Waals surface area (Å²) in [7, 11) is 1.86. The van der Waals surface area contributed by atoms with E-state index in [0.29, 0.717) is 24.6 Å². The molecule has 1 aliphatic rings. The molecule has 4 nitrogen and oxygen atoms in total. The van der Waals surface area contributed by atoms with Crippen LogP contribution in [-0.2, 0) is 7.05 Å². The van der Waals surface area contributed by atoms with E-state index in [2.05, 4.69) is 25.9 Å². The molecule has 1 fully saturated rings. The minimum Gasteiger partial charge on any atom is -0.355 e. The summed E-state index contributed by atoms with van der Waals surface area (Å²) in [6.45, 7) is 2.30. The Morgan fingerprint density at radius 1 is 1.32 bits per heavy atom. The lowest BCUT2D eigenvalue weighted by atomic mass is 9.97. The predicted octanol–water partition coefficient (Wildman–Crippen LogP) is 3.82. The van der Waals surface area contributed by atoms with Gasteiger partial charge in [0.2, 0.25) is 0 Å². The van der Waals surface area contributed by atoms with Crippen LogP contribution >= 0.6 is 15.9 Å². The molecule has 1 atom stereocenters. The number of piperidine rings is 1. The van der Waals surface area contributed by atoms with Gasteiger partial charge >= 0.3 is 6.18 Å². The third-order valence-electron chi connectivity index (χ3n) is 4.05. The molecule has 3 heterocycles.